The van der Waals surface area contributed by atoms with Crippen molar-refractivity contribution in [1.82, 2.24) is 4.98 Å². The summed E-state index contributed by atoms with van der Waals surface area (Å²) in [4.78, 5) is 19.5. The van der Waals surface area contributed by atoms with Gasteiger partial charge in [0, 0.05) is 24.2 Å². The van der Waals surface area contributed by atoms with Crippen LogP contribution in [0.2, 0.25) is 0 Å². The van der Waals surface area contributed by atoms with Crippen molar-refractivity contribution in [2.45, 2.75) is 26.2 Å². The molecule has 0 spiro atoms. The molecule has 6 heteroatoms. The zero-order chi connectivity index (χ0) is 20.8. The van der Waals surface area contributed by atoms with E-state index in [0.29, 0.717) is 18.0 Å². The lowest BCUT2D eigenvalue weighted by atomic mass is 10.1. The van der Waals surface area contributed by atoms with Crippen LogP contribution in [0, 0.1) is 0 Å². The van der Waals surface area contributed by atoms with Gasteiger partial charge in [0.1, 0.15) is 22.8 Å². The average Bonchev–Trinajstić information content (AvgIpc) is 2.79. The zero-order valence-electron chi connectivity index (χ0n) is 17.3. The molecule has 0 aliphatic carbocycles. The number of ether oxygens (including phenoxy) is 2. The van der Waals surface area contributed by atoms with Crippen LogP contribution in [0.15, 0.2) is 54.6 Å². The summed E-state index contributed by atoms with van der Waals surface area (Å²) in [6, 6.07) is 17.2. The second-order valence-corrected chi connectivity index (χ2v) is 7.34. The maximum absolute atomic E-state index is 12.4. The topological polar surface area (TPSA) is 63.7 Å². The molecular formula is C24H27N3O3. The van der Waals surface area contributed by atoms with Crippen LogP contribution in [0.4, 0.5) is 11.5 Å². The molecule has 0 radical (unpaired) electrons. The molecule has 0 saturated carbocycles. The molecule has 1 fully saturated rings. The lowest BCUT2D eigenvalue weighted by Gasteiger charge is -2.28. The second-order valence-electron chi connectivity index (χ2n) is 7.34. The molecule has 1 aliphatic heterocycles. The molecule has 2 aromatic carbocycles. The highest BCUT2D eigenvalue weighted by atomic mass is 16.5. The number of para-hydroxylation sites is 1. The SMILES string of the molecule is CCOc1ccc(NC(=O)COc2cccc3ccc(N4CCCCC4)nc23)cc1. The Balaban J connectivity index is 1.43. The molecule has 2 heterocycles. The van der Waals surface area contributed by atoms with Gasteiger partial charge in [0.05, 0.1) is 6.61 Å². The standard InChI is InChI=1S/C24H27N3O3/c1-2-29-20-12-10-19(11-13-20)25-23(28)17-30-21-8-6-7-18-9-14-22(26-24(18)21)27-15-4-3-5-16-27/h6-14H,2-5,15-17H2,1H3,(H,25,28). The van der Waals surface area contributed by atoms with Crippen molar-refractivity contribution in [3.05, 3.63) is 54.6 Å². The Bertz CT molecular complexity index is 998. The van der Waals surface area contributed by atoms with Crippen LogP contribution in [-0.2, 0) is 4.79 Å². The lowest BCUT2D eigenvalue weighted by molar-refractivity contribution is -0.118. The highest BCUT2D eigenvalue weighted by Gasteiger charge is 2.14. The molecule has 1 amide bonds. The van der Waals surface area contributed by atoms with Crippen LogP contribution in [0.5, 0.6) is 11.5 Å². The normalized spacial score (nSPS) is 13.8. The molecule has 0 unspecified atom stereocenters. The van der Waals surface area contributed by atoms with E-state index >= 15 is 0 Å². The molecule has 1 aliphatic rings. The van der Waals surface area contributed by atoms with Gasteiger partial charge in [0.25, 0.3) is 5.91 Å². The van der Waals surface area contributed by atoms with E-state index in [0.717, 1.165) is 35.6 Å². The number of anilines is 2. The maximum atomic E-state index is 12.4. The van der Waals surface area contributed by atoms with Gasteiger partial charge in [0.15, 0.2) is 6.61 Å². The lowest BCUT2D eigenvalue weighted by Crippen LogP contribution is -2.30. The van der Waals surface area contributed by atoms with Crippen molar-refractivity contribution >= 4 is 28.3 Å². The molecule has 4 rings (SSSR count). The third-order valence-electron chi connectivity index (χ3n) is 5.16. The summed E-state index contributed by atoms with van der Waals surface area (Å²) in [5.74, 6) is 2.15. The van der Waals surface area contributed by atoms with E-state index in [2.05, 4.69) is 22.3 Å². The van der Waals surface area contributed by atoms with E-state index in [1.165, 1.54) is 19.3 Å². The number of pyridine rings is 1. The van der Waals surface area contributed by atoms with Crippen LogP contribution in [0.1, 0.15) is 26.2 Å². The highest BCUT2D eigenvalue weighted by molar-refractivity contribution is 5.92. The van der Waals surface area contributed by atoms with Gasteiger partial charge in [0.2, 0.25) is 0 Å². The van der Waals surface area contributed by atoms with Gasteiger partial charge in [-0.15, -0.1) is 0 Å². The number of piperidine rings is 1. The molecule has 0 atom stereocenters. The number of fused-ring (bicyclic) bond motifs is 1. The monoisotopic (exact) mass is 405 g/mol. The van der Waals surface area contributed by atoms with Gasteiger partial charge in [-0.05, 0) is 68.7 Å². The number of benzene rings is 2. The fourth-order valence-corrected chi connectivity index (χ4v) is 3.67. The number of aromatic nitrogens is 1. The first-order chi connectivity index (χ1) is 14.7. The van der Waals surface area contributed by atoms with Gasteiger partial charge in [-0.25, -0.2) is 4.98 Å². The first-order valence-corrected chi connectivity index (χ1v) is 10.5. The molecule has 6 nitrogen and oxygen atoms in total. The van der Waals surface area contributed by atoms with Crippen molar-refractivity contribution < 1.29 is 14.3 Å². The summed E-state index contributed by atoms with van der Waals surface area (Å²) in [7, 11) is 0. The van der Waals surface area contributed by atoms with Gasteiger partial charge in [-0.3, -0.25) is 4.79 Å². The van der Waals surface area contributed by atoms with Gasteiger partial charge in [-0.2, -0.15) is 0 Å². The largest absolute Gasteiger partial charge is 0.494 e. The first-order valence-electron chi connectivity index (χ1n) is 10.5. The third kappa shape index (κ3) is 4.82. The number of hydrogen-bond donors (Lipinski definition) is 1. The fourth-order valence-electron chi connectivity index (χ4n) is 3.67. The highest BCUT2D eigenvalue weighted by Crippen LogP contribution is 2.27. The van der Waals surface area contributed by atoms with Crippen LogP contribution in [0.3, 0.4) is 0 Å². The molecule has 30 heavy (non-hydrogen) atoms. The van der Waals surface area contributed by atoms with E-state index in [4.69, 9.17) is 14.5 Å². The molecule has 156 valence electrons. The Morgan fingerprint density at radius 2 is 1.80 bits per heavy atom. The summed E-state index contributed by atoms with van der Waals surface area (Å²) in [6.07, 6.45) is 3.68. The molecular weight excluding hydrogens is 378 g/mol. The maximum Gasteiger partial charge on any atom is 0.262 e. The minimum absolute atomic E-state index is 0.0814. The van der Waals surface area contributed by atoms with Crippen LogP contribution in [0.25, 0.3) is 10.9 Å². The second kappa shape index (κ2) is 9.48. The van der Waals surface area contributed by atoms with Crippen LogP contribution < -0.4 is 19.7 Å². The number of amides is 1. The van der Waals surface area contributed by atoms with Crippen LogP contribution in [-0.4, -0.2) is 37.2 Å². The van der Waals surface area contributed by atoms with E-state index in [-0.39, 0.29) is 12.5 Å². The summed E-state index contributed by atoms with van der Waals surface area (Å²) >= 11 is 0. The Hall–Kier alpha value is -3.28. The first kappa shape index (κ1) is 20.0. The van der Waals surface area contributed by atoms with Gasteiger partial charge in [-0.1, -0.05) is 12.1 Å². The number of carbonyl (C=O) groups is 1. The molecule has 0 bridgehead atoms. The minimum atomic E-state index is -0.219. The number of carbonyl (C=O) groups excluding carboxylic acids is 1. The Morgan fingerprint density at radius 1 is 1.00 bits per heavy atom. The van der Waals surface area contributed by atoms with Crippen molar-refractivity contribution in [3.63, 3.8) is 0 Å². The van der Waals surface area contributed by atoms with Crippen molar-refractivity contribution in [2.24, 2.45) is 0 Å². The summed E-state index contributed by atoms with van der Waals surface area (Å²) in [5.41, 5.74) is 1.49. The van der Waals surface area contributed by atoms with E-state index in [1.807, 2.05) is 49.4 Å². The van der Waals surface area contributed by atoms with Crippen molar-refractivity contribution in [2.75, 3.05) is 36.5 Å². The predicted octanol–water partition coefficient (Wildman–Crippen LogP) is 4.64. The van der Waals surface area contributed by atoms with E-state index < -0.39 is 0 Å². The van der Waals surface area contributed by atoms with E-state index in [1.54, 1.807) is 0 Å². The Morgan fingerprint density at radius 3 is 2.57 bits per heavy atom. The summed E-state index contributed by atoms with van der Waals surface area (Å²) in [5, 5.41) is 3.84. The average molecular weight is 405 g/mol. The minimum Gasteiger partial charge on any atom is -0.494 e. The predicted molar refractivity (Wildman–Crippen MR) is 120 cm³/mol. The van der Waals surface area contributed by atoms with Crippen molar-refractivity contribution in [3.8, 4) is 11.5 Å². The Kier molecular flexibility index (Phi) is 6.32. The van der Waals surface area contributed by atoms with Crippen molar-refractivity contribution in [1.29, 1.82) is 0 Å². The molecule has 1 N–H and O–H groups in total. The zero-order valence-corrected chi connectivity index (χ0v) is 17.3. The number of nitrogens with zero attached hydrogens (tertiary/aromatic N) is 2. The quantitative estimate of drug-likeness (QED) is 0.620. The smallest absolute Gasteiger partial charge is 0.262 e. The van der Waals surface area contributed by atoms with E-state index in [9.17, 15) is 4.79 Å². The summed E-state index contributed by atoms with van der Waals surface area (Å²) < 4.78 is 11.3. The fraction of sp³-hybridized carbons (Fsp3) is 0.333. The molecule has 1 aromatic heterocycles. The Labute approximate surface area is 176 Å². The van der Waals surface area contributed by atoms with Gasteiger partial charge >= 0.3 is 0 Å². The molecule has 3 aromatic rings. The van der Waals surface area contributed by atoms with Crippen LogP contribution >= 0.6 is 0 Å². The number of hydrogen-bond acceptors (Lipinski definition) is 5. The number of nitrogens with one attached hydrogen (secondary N) is 1. The molecule has 1 saturated heterocycles. The number of rotatable bonds is 7. The van der Waals surface area contributed by atoms with Gasteiger partial charge < -0.3 is 19.7 Å². The summed E-state index contributed by atoms with van der Waals surface area (Å²) in [6.45, 7) is 4.53. The third-order valence-corrected chi connectivity index (χ3v) is 5.16.